The van der Waals surface area contributed by atoms with E-state index in [9.17, 15) is 9.59 Å². The van der Waals surface area contributed by atoms with E-state index in [4.69, 9.17) is 0 Å². The van der Waals surface area contributed by atoms with Gasteiger partial charge in [0.1, 0.15) is 6.54 Å². The molecule has 1 aromatic carbocycles. The Kier molecular flexibility index (Phi) is 3.82. The summed E-state index contributed by atoms with van der Waals surface area (Å²) in [5.74, 6) is -0.288. The van der Waals surface area contributed by atoms with Crippen molar-refractivity contribution >= 4 is 44.8 Å². The fourth-order valence-electron chi connectivity index (χ4n) is 2.52. The molecule has 0 spiro atoms. The zero-order valence-electron chi connectivity index (χ0n) is 11.3. The van der Waals surface area contributed by atoms with E-state index in [-0.39, 0.29) is 24.4 Å². The van der Waals surface area contributed by atoms with Gasteiger partial charge in [-0.1, -0.05) is 22.0 Å². The summed E-state index contributed by atoms with van der Waals surface area (Å²) in [7, 11) is 0. The smallest absolute Gasteiger partial charge is 0.244 e. The fourth-order valence-corrected chi connectivity index (χ4v) is 3.76. The van der Waals surface area contributed by atoms with Crippen molar-refractivity contribution in [3.63, 3.8) is 0 Å². The van der Waals surface area contributed by atoms with Crippen LogP contribution in [-0.2, 0) is 9.59 Å². The van der Waals surface area contributed by atoms with Gasteiger partial charge in [-0.3, -0.25) is 9.59 Å². The first kappa shape index (κ1) is 14.3. The van der Waals surface area contributed by atoms with E-state index in [1.54, 1.807) is 16.2 Å². The fraction of sp³-hybridized carbons (Fsp3) is 0.200. The lowest BCUT2D eigenvalue weighted by Crippen LogP contribution is -2.37. The average molecular weight is 365 g/mol. The number of hydrogen-bond donors (Lipinski definition) is 1. The first-order valence-electron chi connectivity index (χ1n) is 6.46. The predicted octanol–water partition coefficient (Wildman–Crippen LogP) is 3.40. The molecule has 4 nitrogen and oxygen atoms in total. The summed E-state index contributed by atoms with van der Waals surface area (Å²) in [6, 6.07) is 9.41. The van der Waals surface area contributed by atoms with Crippen molar-refractivity contribution in [2.75, 3.05) is 11.9 Å². The highest BCUT2D eigenvalue weighted by Gasteiger charge is 2.32. The molecule has 0 saturated heterocycles. The minimum absolute atomic E-state index is 0.0597. The molecule has 1 atom stereocenters. The number of rotatable bonds is 1. The largest absolute Gasteiger partial charge is 0.324 e. The molecule has 0 fully saturated rings. The Morgan fingerprint density at radius 2 is 2.24 bits per heavy atom. The third kappa shape index (κ3) is 2.73. The average Bonchev–Trinajstić information content (AvgIpc) is 2.90. The molecule has 2 amide bonds. The molecule has 1 aliphatic heterocycles. The van der Waals surface area contributed by atoms with Crippen molar-refractivity contribution < 1.29 is 9.59 Å². The minimum Gasteiger partial charge on any atom is -0.324 e. The van der Waals surface area contributed by atoms with Gasteiger partial charge in [0.05, 0.1) is 6.04 Å². The summed E-state index contributed by atoms with van der Waals surface area (Å²) >= 11 is 5.05. The van der Waals surface area contributed by atoms with Crippen LogP contribution in [0.2, 0.25) is 0 Å². The van der Waals surface area contributed by atoms with Crippen molar-refractivity contribution in [3.8, 4) is 0 Å². The number of halogens is 1. The number of anilines is 1. The summed E-state index contributed by atoms with van der Waals surface area (Å²) in [6.07, 6.45) is 0. The molecule has 1 unspecified atom stereocenters. The highest BCUT2D eigenvalue weighted by Crippen LogP contribution is 2.38. The molecule has 0 saturated carbocycles. The maximum atomic E-state index is 12.0. The van der Waals surface area contributed by atoms with E-state index in [1.807, 2.05) is 35.7 Å². The second-order valence-electron chi connectivity index (χ2n) is 4.84. The third-order valence-electron chi connectivity index (χ3n) is 3.43. The quantitative estimate of drug-likeness (QED) is 0.842. The van der Waals surface area contributed by atoms with Crippen LogP contribution in [0.15, 0.2) is 40.2 Å². The van der Waals surface area contributed by atoms with E-state index in [0.29, 0.717) is 0 Å². The number of nitrogens with one attached hydrogen (secondary N) is 1. The Bertz CT molecular complexity index is 700. The lowest BCUT2D eigenvalue weighted by atomic mass is 10.0. The van der Waals surface area contributed by atoms with E-state index in [2.05, 4.69) is 21.2 Å². The monoisotopic (exact) mass is 364 g/mol. The highest BCUT2D eigenvalue weighted by atomic mass is 79.9. The number of benzene rings is 1. The van der Waals surface area contributed by atoms with Crippen LogP contribution in [0.5, 0.6) is 0 Å². The van der Waals surface area contributed by atoms with E-state index >= 15 is 0 Å². The van der Waals surface area contributed by atoms with Gasteiger partial charge in [-0.05, 0) is 29.6 Å². The summed E-state index contributed by atoms with van der Waals surface area (Å²) in [5, 5.41) is 4.85. The number of thiophene rings is 1. The molecule has 2 heterocycles. The Hall–Kier alpha value is -1.66. The van der Waals surface area contributed by atoms with Crippen molar-refractivity contribution in [2.24, 2.45) is 0 Å². The van der Waals surface area contributed by atoms with Gasteiger partial charge >= 0.3 is 0 Å². The lowest BCUT2D eigenvalue weighted by molar-refractivity contribution is -0.134. The molecule has 3 rings (SSSR count). The Morgan fingerprint density at radius 3 is 2.90 bits per heavy atom. The molecule has 1 aliphatic rings. The molecule has 0 radical (unpaired) electrons. The first-order valence-corrected chi connectivity index (χ1v) is 8.13. The zero-order valence-corrected chi connectivity index (χ0v) is 13.7. The van der Waals surface area contributed by atoms with Crippen LogP contribution in [0.3, 0.4) is 0 Å². The normalized spacial score (nSPS) is 17.9. The molecule has 0 aliphatic carbocycles. The molecular formula is C15H13BrN2O2S. The highest BCUT2D eigenvalue weighted by molar-refractivity contribution is 9.10. The van der Waals surface area contributed by atoms with E-state index < -0.39 is 0 Å². The van der Waals surface area contributed by atoms with Crippen LogP contribution in [0.1, 0.15) is 23.4 Å². The number of fused-ring (bicyclic) bond motifs is 1. The Balaban J connectivity index is 2.21. The van der Waals surface area contributed by atoms with E-state index in [1.165, 1.54) is 6.92 Å². The summed E-state index contributed by atoms with van der Waals surface area (Å²) in [5.41, 5.74) is 1.68. The van der Waals surface area contributed by atoms with Gasteiger partial charge < -0.3 is 10.2 Å². The van der Waals surface area contributed by atoms with Crippen LogP contribution in [0.25, 0.3) is 0 Å². The second kappa shape index (κ2) is 5.61. The summed E-state index contributed by atoms with van der Waals surface area (Å²) in [4.78, 5) is 26.7. The predicted molar refractivity (Wildman–Crippen MR) is 86.3 cm³/mol. The SMILES string of the molecule is CC(=O)N1CC(=O)Nc2ccc(Br)cc2C1c1cccs1. The lowest BCUT2D eigenvalue weighted by Gasteiger charge is -2.28. The van der Waals surface area contributed by atoms with Crippen LogP contribution in [0, 0.1) is 0 Å². The number of amides is 2. The Labute approximate surface area is 134 Å². The number of hydrogen-bond acceptors (Lipinski definition) is 3. The van der Waals surface area contributed by atoms with Crippen LogP contribution >= 0.6 is 27.3 Å². The van der Waals surface area contributed by atoms with Crippen LogP contribution in [0.4, 0.5) is 5.69 Å². The number of nitrogens with zero attached hydrogens (tertiary/aromatic N) is 1. The maximum Gasteiger partial charge on any atom is 0.244 e. The molecule has 1 aromatic heterocycles. The number of carbonyl (C=O) groups excluding carboxylic acids is 2. The van der Waals surface area contributed by atoms with Gasteiger partial charge in [0.15, 0.2) is 0 Å². The Morgan fingerprint density at radius 1 is 1.43 bits per heavy atom. The van der Waals surface area contributed by atoms with Gasteiger partial charge in [0, 0.05) is 27.5 Å². The van der Waals surface area contributed by atoms with Crippen molar-refractivity contribution in [2.45, 2.75) is 13.0 Å². The van der Waals surface area contributed by atoms with Gasteiger partial charge in [0.2, 0.25) is 11.8 Å². The van der Waals surface area contributed by atoms with Gasteiger partial charge in [0.25, 0.3) is 0 Å². The van der Waals surface area contributed by atoms with Gasteiger partial charge in [-0.2, -0.15) is 0 Å². The van der Waals surface area contributed by atoms with Gasteiger partial charge in [-0.15, -0.1) is 11.3 Å². The molecule has 6 heteroatoms. The molecule has 0 bridgehead atoms. The third-order valence-corrected chi connectivity index (χ3v) is 4.84. The van der Waals surface area contributed by atoms with Gasteiger partial charge in [-0.25, -0.2) is 0 Å². The maximum absolute atomic E-state index is 12.0. The van der Waals surface area contributed by atoms with E-state index in [0.717, 1.165) is 20.6 Å². The van der Waals surface area contributed by atoms with Crippen LogP contribution < -0.4 is 5.32 Å². The van der Waals surface area contributed by atoms with Crippen molar-refractivity contribution in [1.29, 1.82) is 0 Å². The summed E-state index contributed by atoms with van der Waals surface area (Å²) < 4.78 is 0.919. The number of carbonyl (C=O) groups is 2. The van der Waals surface area contributed by atoms with Crippen molar-refractivity contribution in [3.05, 3.63) is 50.6 Å². The molecule has 2 aromatic rings. The topological polar surface area (TPSA) is 49.4 Å². The zero-order chi connectivity index (χ0) is 15.0. The minimum atomic E-state index is -0.242. The van der Waals surface area contributed by atoms with Crippen molar-refractivity contribution in [1.82, 2.24) is 4.90 Å². The molecular weight excluding hydrogens is 352 g/mol. The second-order valence-corrected chi connectivity index (χ2v) is 6.74. The van der Waals surface area contributed by atoms with Crippen LogP contribution in [-0.4, -0.2) is 23.3 Å². The summed E-state index contributed by atoms with van der Waals surface area (Å²) in [6.45, 7) is 1.56. The molecule has 21 heavy (non-hydrogen) atoms. The first-order chi connectivity index (χ1) is 10.1. The molecule has 1 N–H and O–H groups in total. The molecule has 108 valence electrons. The standard InChI is InChI=1S/C15H13BrN2O2S/c1-9(19)18-8-14(20)17-12-5-4-10(16)7-11(12)15(18)13-3-2-6-21-13/h2-7,15H,8H2,1H3,(H,17,20).